The molecule has 2 rings (SSSR count). The molecule has 0 aliphatic carbocycles. The summed E-state index contributed by atoms with van der Waals surface area (Å²) in [6, 6.07) is 0. The van der Waals surface area contributed by atoms with Crippen molar-refractivity contribution in [3.05, 3.63) is 0 Å². The lowest BCUT2D eigenvalue weighted by Gasteiger charge is -2.18. The van der Waals surface area contributed by atoms with Crippen LogP contribution in [0.1, 0.15) is 26.7 Å². The van der Waals surface area contributed by atoms with Crippen molar-refractivity contribution < 1.29 is 33.2 Å². The van der Waals surface area contributed by atoms with E-state index in [0.29, 0.717) is 26.4 Å². The summed E-state index contributed by atoms with van der Waals surface area (Å²) < 4.78 is 38.0. The highest BCUT2D eigenvalue weighted by Crippen LogP contribution is 2.35. The Labute approximate surface area is 138 Å². The van der Waals surface area contributed by atoms with E-state index in [1.807, 2.05) is 13.8 Å². The van der Waals surface area contributed by atoms with Crippen LogP contribution in [0.25, 0.3) is 0 Å². The van der Waals surface area contributed by atoms with Crippen LogP contribution in [0.2, 0.25) is 0 Å². The lowest BCUT2D eigenvalue weighted by molar-refractivity contribution is -0.117. The smallest absolute Gasteiger partial charge is 0.154 e. The largest absolute Gasteiger partial charge is 0.375 e. The van der Waals surface area contributed by atoms with Gasteiger partial charge in [-0.15, -0.1) is 0 Å². The van der Waals surface area contributed by atoms with E-state index < -0.39 is 0 Å². The number of hydrogen-bond acceptors (Lipinski definition) is 7. The van der Waals surface area contributed by atoms with Gasteiger partial charge in [0.1, 0.15) is 11.2 Å². The quantitative estimate of drug-likeness (QED) is 0.351. The van der Waals surface area contributed by atoms with E-state index >= 15 is 0 Å². The molecule has 0 radical (unpaired) electrons. The summed E-state index contributed by atoms with van der Waals surface area (Å²) in [7, 11) is 3.26. The van der Waals surface area contributed by atoms with Crippen molar-refractivity contribution in [3.8, 4) is 0 Å². The van der Waals surface area contributed by atoms with Gasteiger partial charge in [0.05, 0.1) is 39.6 Å². The lowest BCUT2D eigenvalue weighted by Crippen LogP contribution is -2.28. The molecule has 136 valence electrons. The molecule has 0 aromatic heterocycles. The fraction of sp³-hybridized carbons (Fsp3) is 1.00. The first-order valence-electron chi connectivity index (χ1n) is 8.18. The van der Waals surface area contributed by atoms with Gasteiger partial charge in [0, 0.05) is 27.1 Å². The standard InChI is InChI=1S/C16H30O7/c1-13(17-3)20-7-5-15(11-22-15)9-19-10-16(12-23-16)6-8-21-14(2)18-4/h13-14H,5-12H2,1-4H3. The van der Waals surface area contributed by atoms with E-state index in [1.165, 1.54) is 0 Å². The third kappa shape index (κ3) is 6.62. The number of hydrogen-bond donors (Lipinski definition) is 0. The minimum atomic E-state index is -0.190. The van der Waals surface area contributed by atoms with Gasteiger partial charge >= 0.3 is 0 Å². The third-order valence-corrected chi connectivity index (χ3v) is 4.32. The van der Waals surface area contributed by atoms with E-state index in [1.54, 1.807) is 14.2 Å². The van der Waals surface area contributed by atoms with Gasteiger partial charge in [-0.1, -0.05) is 0 Å². The summed E-state index contributed by atoms with van der Waals surface area (Å²) in [5, 5.41) is 0. The zero-order chi connectivity index (χ0) is 16.8. The van der Waals surface area contributed by atoms with E-state index in [4.69, 9.17) is 33.2 Å². The summed E-state index contributed by atoms with van der Waals surface area (Å²) in [6.07, 6.45) is 1.24. The Hall–Kier alpha value is -0.280. The van der Waals surface area contributed by atoms with Crippen molar-refractivity contribution in [1.82, 2.24) is 0 Å². The average molecular weight is 334 g/mol. The van der Waals surface area contributed by atoms with Crippen molar-refractivity contribution >= 4 is 0 Å². The Morgan fingerprint density at radius 3 is 1.52 bits per heavy atom. The van der Waals surface area contributed by atoms with Crippen molar-refractivity contribution in [2.75, 3.05) is 53.9 Å². The number of rotatable bonds is 14. The molecule has 2 fully saturated rings. The molecular formula is C16H30O7. The molecule has 0 saturated carbocycles. The molecule has 2 aliphatic rings. The molecule has 4 atom stereocenters. The molecule has 0 aromatic carbocycles. The summed E-state index contributed by atoms with van der Waals surface area (Å²) >= 11 is 0. The molecule has 2 heterocycles. The van der Waals surface area contributed by atoms with Gasteiger partial charge in [-0.3, -0.25) is 0 Å². The van der Waals surface area contributed by atoms with E-state index in [-0.39, 0.29) is 23.8 Å². The topological polar surface area (TPSA) is 71.2 Å². The second kappa shape index (κ2) is 8.71. The Balaban J connectivity index is 1.55. The van der Waals surface area contributed by atoms with E-state index in [0.717, 1.165) is 26.1 Å². The van der Waals surface area contributed by atoms with Gasteiger partial charge in [0.15, 0.2) is 12.6 Å². The van der Waals surface area contributed by atoms with Crippen LogP contribution in [0.4, 0.5) is 0 Å². The van der Waals surface area contributed by atoms with Crippen LogP contribution >= 0.6 is 0 Å². The maximum Gasteiger partial charge on any atom is 0.154 e. The van der Waals surface area contributed by atoms with Gasteiger partial charge < -0.3 is 33.2 Å². The Kier molecular flexibility index (Phi) is 7.21. The van der Waals surface area contributed by atoms with Crippen LogP contribution < -0.4 is 0 Å². The zero-order valence-corrected chi connectivity index (χ0v) is 14.7. The fourth-order valence-electron chi connectivity index (χ4n) is 2.18. The van der Waals surface area contributed by atoms with E-state index in [2.05, 4.69) is 0 Å². The van der Waals surface area contributed by atoms with Crippen molar-refractivity contribution in [2.45, 2.75) is 50.5 Å². The average Bonchev–Trinajstić information content (AvgIpc) is 3.46. The zero-order valence-electron chi connectivity index (χ0n) is 14.7. The summed E-state index contributed by atoms with van der Waals surface area (Å²) in [6.45, 7) is 7.52. The molecular weight excluding hydrogens is 304 g/mol. The SMILES string of the molecule is COC(C)OCCC1(COCC2(CCOC(C)OC)CO2)CO1. The van der Waals surface area contributed by atoms with Crippen molar-refractivity contribution in [2.24, 2.45) is 0 Å². The molecule has 0 amide bonds. The highest BCUT2D eigenvalue weighted by molar-refractivity contribution is 4.95. The van der Waals surface area contributed by atoms with Gasteiger partial charge in [-0.25, -0.2) is 0 Å². The minimum Gasteiger partial charge on any atom is -0.375 e. The Bertz CT molecular complexity index is 309. The Morgan fingerprint density at radius 2 is 1.22 bits per heavy atom. The van der Waals surface area contributed by atoms with E-state index in [9.17, 15) is 0 Å². The molecule has 0 aromatic rings. The summed E-state index contributed by atoms with van der Waals surface area (Å²) in [5.41, 5.74) is -0.380. The third-order valence-electron chi connectivity index (χ3n) is 4.32. The summed E-state index contributed by atoms with van der Waals surface area (Å²) in [5.74, 6) is 0. The molecule has 2 aliphatic heterocycles. The van der Waals surface area contributed by atoms with Crippen LogP contribution in [0.15, 0.2) is 0 Å². The molecule has 0 spiro atoms. The molecule has 7 nitrogen and oxygen atoms in total. The van der Waals surface area contributed by atoms with Gasteiger partial charge in [-0.05, 0) is 13.8 Å². The van der Waals surface area contributed by atoms with Gasteiger partial charge in [-0.2, -0.15) is 0 Å². The lowest BCUT2D eigenvalue weighted by atomic mass is 10.1. The molecule has 0 bridgehead atoms. The molecule has 0 N–H and O–H groups in total. The fourth-order valence-corrected chi connectivity index (χ4v) is 2.18. The first-order valence-corrected chi connectivity index (χ1v) is 8.18. The predicted molar refractivity (Wildman–Crippen MR) is 82.3 cm³/mol. The summed E-state index contributed by atoms with van der Waals surface area (Å²) in [4.78, 5) is 0. The van der Waals surface area contributed by atoms with Gasteiger partial charge in [0.2, 0.25) is 0 Å². The minimum absolute atomic E-state index is 0.190. The first kappa shape index (κ1) is 19.1. The predicted octanol–water partition coefficient (Wildman–Crippen LogP) is 1.34. The molecule has 2 saturated heterocycles. The van der Waals surface area contributed by atoms with Crippen LogP contribution in [0, 0.1) is 0 Å². The Morgan fingerprint density at radius 1 is 0.826 bits per heavy atom. The van der Waals surface area contributed by atoms with Crippen LogP contribution in [-0.2, 0) is 33.2 Å². The maximum absolute atomic E-state index is 5.83. The first-order chi connectivity index (χ1) is 11.0. The molecule has 7 heteroatoms. The van der Waals surface area contributed by atoms with Crippen LogP contribution in [0.3, 0.4) is 0 Å². The highest BCUT2D eigenvalue weighted by Gasteiger charge is 2.48. The maximum atomic E-state index is 5.83. The monoisotopic (exact) mass is 334 g/mol. The van der Waals surface area contributed by atoms with Crippen LogP contribution in [-0.4, -0.2) is 77.6 Å². The number of methoxy groups -OCH3 is 2. The van der Waals surface area contributed by atoms with Crippen LogP contribution in [0.5, 0.6) is 0 Å². The number of epoxide rings is 2. The molecule has 23 heavy (non-hydrogen) atoms. The highest BCUT2D eigenvalue weighted by atomic mass is 16.7. The normalized spacial score (nSPS) is 31.8. The van der Waals surface area contributed by atoms with Gasteiger partial charge in [0.25, 0.3) is 0 Å². The number of ether oxygens (including phenoxy) is 7. The second-order valence-electron chi connectivity index (χ2n) is 6.28. The van der Waals surface area contributed by atoms with Crippen molar-refractivity contribution in [3.63, 3.8) is 0 Å². The van der Waals surface area contributed by atoms with Crippen molar-refractivity contribution in [1.29, 1.82) is 0 Å². The second-order valence-corrected chi connectivity index (χ2v) is 6.28. The molecule has 4 unspecified atom stereocenters.